The van der Waals surface area contributed by atoms with Gasteiger partial charge in [-0.15, -0.1) is 0 Å². The fraction of sp³-hybridized carbons (Fsp3) is 0.619. The second-order valence-corrected chi connectivity index (χ2v) is 10.4. The quantitative estimate of drug-likeness (QED) is 0.683. The van der Waals surface area contributed by atoms with Crippen molar-refractivity contribution in [3.8, 4) is 5.75 Å². The number of nitrogens with zero attached hydrogens (tertiary/aromatic N) is 1. The molecule has 0 radical (unpaired) electrons. The van der Waals surface area contributed by atoms with Crippen LogP contribution in [0, 0.1) is 0 Å². The Morgan fingerprint density at radius 1 is 1.10 bits per heavy atom. The highest BCUT2D eigenvalue weighted by molar-refractivity contribution is 7.89. The van der Waals surface area contributed by atoms with Crippen LogP contribution >= 0.6 is 0 Å². The maximum atomic E-state index is 13.1. The molecule has 2 rings (SSSR count). The first-order chi connectivity index (χ1) is 14.0. The molecule has 0 spiro atoms. The predicted molar refractivity (Wildman–Crippen MR) is 113 cm³/mol. The first-order valence-corrected chi connectivity index (χ1v) is 11.6. The molecule has 0 bridgehead atoms. The van der Waals surface area contributed by atoms with Gasteiger partial charge in [-0.3, -0.25) is 4.79 Å². The summed E-state index contributed by atoms with van der Waals surface area (Å²) in [5.74, 6) is -1.09. The molecule has 1 N–H and O–H groups in total. The van der Waals surface area contributed by atoms with E-state index >= 15 is 0 Å². The van der Waals surface area contributed by atoms with Gasteiger partial charge in [-0.25, -0.2) is 13.2 Å². The second-order valence-electron chi connectivity index (χ2n) is 8.47. The van der Waals surface area contributed by atoms with Crippen LogP contribution in [0.5, 0.6) is 5.75 Å². The van der Waals surface area contributed by atoms with Crippen molar-refractivity contribution < 1.29 is 27.5 Å². The summed E-state index contributed by atoms with van der Waals surface area (Å²) in [6.07, 6.45) is 2.57. The van der Waals surface area contributed by atoms with Gasteiger partial charge in [-0.2, -0.15) is 4.31 Å². The molecule has 0 aromatic heterocycles. The van der Waals surface area contributed by atoms with Crippen LogP contribution in [0.1, 0.15) is 63.7 Å². The van der Waals surface area contributed by atoms with Crippen molar-refractivity contribution in [3.05, 3.63) is 23.8 Å². The van der Waals surface area contributed by atoms with Crippen molar-refractivity contribution >= 4 is 21.9 Å². The normalized spacial score (nSPS) is 17.0. The molecule has 1 aliphatic rings. The summed E-state index contributed by atoms with van der Waals surface area (Å²) in [6.45, 7) is 7.83. The van der Waals surface area contributed by atoms with Crippen LogP contribution in [0.3, 0.4) is 0 Å². The summed E-state index contributed by atoms with van der Waals surface area (Å²) in [5, 5.41) is 2.74. The topological polar surface area (TPSA) is 102 Å². The van der Waals surface area contributed by atoms with Crippen molar-refractivity contribution in [2.24, 2.45) is 0 Å². The predicted octanol–water partition coefficient (Wildman–Crippen LogP) is 2.72. The summed E-state index contributed by atoms with van der Waals surface area (Å²) in [6, 6.07) is 4.11. The van der Waals surface area contributed by atoms with Gasteiger partial charge in [-0.1, -0.05) is 12.8 Å². The number of amides is 1. The molecule has 9 heteroatoms. The van der Waals surface area contributed by atoms with Gasteiger partial charge >= 0.3 is 5.97 Å². The van der Waals surface area contributed by atoms with Crippen LogP contribution in [0.15, 0.2) is 23.1 Å². The summed E-state index contributed by atoms with van der Waals surface area (Å²) in [5.41, 5.74) is -0.514. The van der Waals surface area contributed by atoms with E-state index in [0.29, 0.717) is 13.1 Å². The molecule has 1 aliphatic heterocycles. The molecule has 1 atom stereocenters. The minimum absolute atomic E-state index is 0.00365. The molecule has 1 heterocycles. The van der Waals surface area contributed by atoms with Crippen LogP contribution in [0.25, 0.3) is 0 Å². The Balaban J connectivity index is 2.27. The molecule has 1 aromatic carbocycles. The van der Waals surface area contributed by atoms with E-state index < -0.39 is 33.5 Å². The second kappa shape index (κ2) is 9.78. The Bertz CT molecular complexity index is 868. The van der Waals surface area contributed by atoms with Gasteiger partial charge in [0.1, 0.15) is 11.3 Å². The monoisotopic (exact) mass is 440 g/mol. The van der Waals surface area contributed by atoms with Crippen LogP contribution in [-0.4, -0.2) is 56.4 Å². The average molecular weight is 441 g/mol. The molecule has 1 amide bonds. The van der Waals surface area contributed by atoms with E-state index in [4.69, 9.17) is 9.47 Å². The molecule has 0 saturated carbocycles. The van der Waals surface area contributed by atoms with Gasteiger partial charge < -0.3 is 14.8 Å². The Morgan fingerprint density at radius 3 is 2.23 bits per heavy atom. The molecule has 1 unspecified atom stereocenters. The fourth-order valence-electron chi connectivity index (χ4n) is 3.19. The van der Waals surface area contributed by atoms with Crippen molar-refractivity contribution in [3.63, 3.8) is 0 Å². The largest absolute Gasteiger partial charge is 0.496 e. The molecule has 8 nitrogen and oxygen atoms in total. The van der Waals surface area contributed by atoms with Gasteiger partial charge in [0, 0.05) is 18.6 Å². The van der Waals surface area contributed by atoms with E-state index in [-0.39, 0.29) is 16.2 Å². The summed E-state index contributed by atoms with van der Waals surface area (Å²) in [4.78, 5) is 25.0. The molecule has 1 aromatic rings. The minimum atomic E-state index is -3.74. The Kier molecular flexibility index (Phi) is 7.87. The Morgan fingerprint density at radius 2 is 1.70 bits per heavy atom. The third kappa shape index (κ3) is 6.18. The number of hydrogen-bond donors (Lipinski definition) is 1. The average Bonchev–Trinajstić information content (AvgIpc) is 2.96. The van der Waals surface area contributed by atoms with Gasteiger partial charge in [0.25, 0.3) is 5.91 Å². The minimum Gasteiger partial charge on any atom is -0.496 e. The molecule has 1 fully saturated rings. The third-order valence-electron chi connectivity index (χ3n) is 4.74. The van der Waals surface area contributed by atoms with E-state index in [1.54, 1.807) is 0 Å². The lowest BCUT2D eigenvalue weighted by molar-refractivity contribution is -0.130. The highest BCUT2D eigenvalue weighted by Gasteiger charge is 2.29. The summed E-state index contributed by atoms with van der Waals surface area (Å²) in [7, 11) is -2.36. The number of rotatable bonds is 6. The lowest BCUT2D eigenvalue weighted by Gasteiger charge is -2.23. The first-order valence-electron chi connectivity index (χ1n) is 10.2. The fourth-order valence-corrected chi connectivity index (χ4v) is 4.73. The zero-order chi connectivity index (χ0) is 22.5. The van der Waals surface area contributed by atoms with E-state index in [1.807, 2.05) is 20.8 Å². The van der Waals surface area contributed by atoms with Gasteiger partial charge in [0.2, 0.25) is 10.0 Å². The van der Waals surface area contributed by atoms with Gasteiger partial charge in [0.15, 0.2) is 6.10 Å². The first kappa shape index (κ1) is 24.1. The highest BCUT2D eigenvalue weighted by Crippen LogP contribution is 2.27. The van der Waals surface area contributed by atoms with Crippen LogP contribution in [-0.2, 0) is 19.6 Å². The smallest absolute Gasteiger partial charge is 0.342 e. The maximum Gasteiger partial charge on any atom is 0.342 e. The number of hydrogen-bond acceptors (Lipinski definition) is 6. The molecular weight excluding hydrogens is 408 g/mol. The van der Waals surface area contributed by atoms with Gasteiger partial charge in [0.05, 0.1) is 12.0 Å². The standard InChI is InChI=1S/C21H32N2O6S/c1-15(19(24)22-21(2,3)4)29-20(25)17-14-16(10-11-18(17)28-5)30(26,27)23-12-8-6-7-9-13-23/h10-11,14-15H,6-9,12-13H2,1-5H3,(H,22,24). The summed E-state index contributed by atoms with van der Waals surface area (Å²) < 4.78 is 38.1. The Hall–Kier alpha value is -2.13. The molecule has 1 saturated heterocycles. The number of nitrogens with one attached hydrogen (secondary N) is 1. The van der Waals surface area contributed by atoms with Crippen molar-refractivity contribution in [1.82, 2.24) is 9.62 Å². The number of esters is 1. The van der Waals surface area contributed by atoms with E-state index in [9.17, 15) is 18.0 Å². The van der Waals surface area contributed by atoms with Crippen molar-refractivity contribution in [1.29, 1.82) is 0 Å². The number of carbonyl (C=O) groups is 2. The SMILES string of the molecule is COc1ccc(S(=O)(=O)N2CCCCCC2)cc1C(=O)OC(C)C(=O)NC(C)(C)C. The van der Waals surface area contributed by atoms with Crippen molar-refractivity contribution in [2.45, 2.75) is 69.9 Å². The van der Waals surface area contributed by atoms with Crippen LogP contribution in [0.4, 0.5) is 0 Å². The van der Waals surface area contributed by atoms with E-state index in [0.717, 1.165) is 25.7 Å². The lowest BCUT2D eigenvalue weighted by Crippen LogP contribution is -2.46. The van der Waals surface area contributed by atoms with E-state index in [2.05, 4.69) is 5.32 Å². The maximum absolute atomic E-state index is 13.1. The van der Waals surface area contributed by atoms with Gasteiger partial charge in [-0.05, 0) is 58.7 Å². The van der Waals surface area contributed by atoms with Crippen molar-refractivity contribution in [2.75, 3.05) is 20.2 Å². The molecule has 168 valence electrons. The molecular formula is C21H32N2O6S. The number of carbonyl (C=O) groups excluding carboxylic acids is 2. The summed E-state index contributed by atoms with van der Waals surface area (Å²) >= 11 is 0. The number of benzene rings is 1. The van der Waals surface area contributed by atoms with Crippen LogP contribution in [0.2, 0.25) is 0 Å². The van der Waals surface area contributed by atoms with Crippen LogP contribution < -0.4 is 10.1 Å². The zero-order valence-corrected chi connectivity index (χ0v) is 19.2. The number of sulfonamides is 1. The number of ether oxygens (including phenoxy) is 2. The Labute approximate surface area is 179 Å². The molecule has 0 aliphatic carbocycles. The third-order valence-corrected chi connectivity index (χ3v) is 6.64. The lowest BCUT2D eigenvalue weighted by atomic mass is 10.1. The molecule has 30 heavy (non-hydrogen) atoms. The van der Waals surface area contributed by atoms with E-state index in [1.165, 1.54) is 36.5 Å². The number of methoxy groups -OCH3 is 1. The zero-order valence-electron chi connectivity index (χ0n) is 18.4. The highest BCUT2D eigenvalue weighted by atomic mass is 32.2.